The van der Waals surface area contributed by atoms with Gasteiger partial charge in [0.15, 0.2) is 17.3 Å². The van der Waals surface area contributed by atoms with Crippen molar-refractivity contribution in [3.63, 3.8) is 0 Å². The number of ether oxygens (including phenoxy) is 4. The number of aromatic hydroxyl groups is 2. The summed E-state index contributed by atoms with van der Waals surface area (Å²) in [6, 6.07) is 5.81. The van der Waals surface area contributed by atoms with E-state index < -0.39 is 5.92 Å². The van der Waals surface area contributed by atoms with Gasteiger partial charge < -0.3 is 29.2 Å². The van der Waals surface area contributed by atoms with E-state index in [1.54, 1.807) is 6.07 Å². The summed E-state index contributed by atoms with van der Waals surface area (Å²) < 4.78 is 21.2. The van der Waals surface area contributed by atoms with Crippen molar-refractivity contribution < 1.29 is 34.0 Å². The lowest BCUT2D eigenvalue weighted by atomic mass is 9.88. The number of hydrogen-bond acceptors (Lipinski definition) is 7. The van der Waals surface area contributed by atoms with Crippen molar-refractivity contribution in [3.8, 4) is 34.5 Å². The van der Waals surface area contributed by atoms with Gasteiger partial charge in [-0.2, -0.15) is 0 Å². The summed E-state index contributed by atoms with van der Waals surface area (Å²) in [4.78, 5) is 13.0. The fourth-order valence-electron chi connectivity index (χ4n) is 2.93. The van der Waals surface area contributed by atoms with Gasteiger partial charge in [0, 0.05) is 12.1 Å². The molecule has 0 saturated heterocycles. The number of methoxy groups -OCH3 is 3. The van der Waals surface area contributed by atoms with Crippen molar-refractivity contribution in [2.75, 3.05) is 27.9 Å². The molecule has 0 radical (unpaired) electrons. The lowest BCUT2D eigenvalue weighted by Crippen LogP contribution is -2.26. The first-order valence-corrected chi connectivity index (χ1v) is 7.53. The molecule has 0 aliphatic carbocycles. The fraction of sp³-hybridized carbons (Fsp3) is 0.278. The Labute approximate surface area is 144 Å². The number of phenolic OH excluding ortho intramolecular Hbond substituents is 2. The molecule has 3 rings (SSSR count). The van der Waals surface area contributed by atoms with Crippen LogP contribution in [0, 0.1) is 0 Å². The minimum atomic E-state index is -0.656. The highest BCUT2D eigenvalue weighted by atomic mass is 16.5. The number of phenols is 2. The predicted molar refractivity (Wildman–Crippen MR) is 88.4 cm³/mol. The number of fused-ring (bicyclic) bond motifs is 1. The number of rotatable bonds is 4. The molecule has 0 fully saturated rings. The molecule has 25 heavy (non-hydrogen) atoms. The van der Waals surface area contributed by atoms with Crippen LogP contribution in [-0.4, -0.2) is 43.9 Å². The van der Waals surface area contributed by atoms with Crippen LogP contribution in [0.15, 0.2) is 24.3 Å². The van der Waals surface area contributed by atoms with Crippen molar-refractivity contribution in [2.45, 2.75) is 5.92 Å². The van der Waals surface area contributed by atoms with E-state index in [2.05, 4.69) is 0 Å². The quantitative estimate of drug-likeness (QED) is 0.878. The van der Waals surface area contributed by atoms with Gasteiger partial charge in [0.05, 0.1) is 27.2 Å². The monoisotopic (exact) mass is 346 g/mol. The Morgan fingerprint density at radius 2 is 1.72 bits per heavy atom. The molecule has 0 amide bonds. The summed E-state index contributed by atoms with van der Waals surface area (Å²) in [5.74, 6) is -0.0654. The Morgan fingerprint density at radius 3 is 2.36 bits per heavy atom. The highest BCUT2D eigenvalue weighted by Gasteiger charge is 2.34. The maximum absolute atomic E-state index is 13.0. The smallest absolute Gasteiger partial charge is 0.203 e. The number of Topliss-reactive ketones (excluding diaryl/α,β-unsaturated/α-hetero) is 1. The third-order valence-electron chi connectivity index (χ3n) is 4.12. The Morgan fingerprint density at radius 1 is 1.00 bits per heavy atom. The fourth-order valence-corrected chi connectivity index (χ4v) is 2.93. The molecular formula is C18H18O7. The molecule has 0 saturated carbocycles. The van der Waals surface area contributed by atoms with E-state index in [0.29, 0.717) is 11.3 Å². The van der Waals surface area contributed by atoms with E-state index in [1.807, 2.05) is 0 Å². The van der Waals surface area contributed by atoms with E-state index in [-0.39, 0.29) is 46.7 Å². The molecule has 0 spiro atoms. The Balaban J connectivity index is 2.07. The van der Waals surface area contributed by atoms with E-state index in [4.69, 9.17) is 18.9 Å². The average Bonchev–Trinajstić information content (AvgIpc) is 2.60. The zero-order valence-corrected chi connectivity index (χ0v) is 14.0. The van der Waals surface area contributed by atoms with Gasteiger partial charge >= 0.3 is 0 Å². The lowest BCUT2D eigenvalue weighted by Gasteiger charge is -2.26. The van der Waals surface area contributed by atoms with Crippen molar-refractivity contribution in [2.24, 2.45) is 0 Å². The largest absolute Gasteiger partial charge is 0.508 e. The highest BCUT2D eigenvalue weighted by Crippen LogP contribution is 2.44. The molecule has 7 nitrogen and oxygen atoms in total. The van der Waals surface area contributed by atoms with Crippen molar-refractivity contribution in [3.05, 3.63) is 35.4 Å². The molecule has 0 aromatic heterocycles. The van der Waals surface area contributed by atoms with Gasteiger partial charge in [-0.3, -0.25) is 4.79 Å². The molecule has 1 aliphatic heterocycles. The maximum atomic E-state index is 13.0. The van der Waals surface area contributed by atoms with Gasteiger partial charge in [-0.1, -0.05) is 0 Å². The van der Waals surface area contributed by atoms with Crippen LogP contribution in [-0.2, 0) is 0 Å². The summed E-state index contributed by atoms with van der Waals surface area (Å²) >= 11 is 0. The zero-order chi connectivity index (χ0) is 18.1. The van der Waals surface area contributed by atoms with Gasteiger partial charge in [-0.15, -0.1) is 0 Å². The van der Waals surface area contributed by atoms with E-state index in [9.17, 15) is 15.0 Å². The normalized spacial score (nSPS) is 16.0. The summed E-state index contributed by atoms with van der Waals surface area (Å²) in [6.07, 6.45) is 0. The lowest BCUT2D eigenvalue weighted by molar-refractivity contribution is 0.0891. The second-order valence-corrected chi connectivity index (χ2v) is 5.52. The summed E-state index contributed by atoms with van der Waals surface area (Å²) in [5, 5.41) is 19.8. The molecule has 1 unspecified atom stereocenters. The van der Waals surface area contributed by atoms with Crippen molar-refractivity contribution >= 4 is 5.78 Å². The Bertz CT molecular complexity index is 811. The molecule has 1 heterocycles. The number of ketones is 1. The first-order chi connectivity index (χ1) is 12.0. The van der Waals surface area contributed by atoms with Crippen molar-refractivity contribution in [1.82, 2.24) is 0 Å². The van der Waals surface area contributed by atoms with Crippen LogP contribution < -0.4 is 18.9 Å². The maximum Gasteiger partial charge on any atom is 0.203 e. The van der Waals surface area contributed by atoms with Crippen LogP contribution in [0.4, 0.5) is 0 Å². The number of hydrogen-bond donors (Lipinski definition) is 2. The Hall–Kier alpha value is -3.09. The van der Waals surface area contributed by atoms with Gasteiger partial charge in [0.1, 0.15) is 29.4 Å². The van der Waals surface area contributed by atoms with Crippen LogP contribution in [0.5, 0.6) is 34.5 Å². The number of carbonyl (C=O) groups is 1. The minimum absolute atomic E-state index is 0.0504. The Kier molecular flexibility index (Phi) is 4.31. The highest BCUT2D eigenvalue weighted by molar-refractivity contribution is 6.06. The molecule has 2 aromatic carbocycles. The second kappa shape index (κ2) is 6.43. The molecule has 1 aliphatic rings. The first-order valence-electron chi connectivity index (χ1n) is 7.53. The summed E-state index contributed by atoms with van der Waals surface area (Å²) in [6.45, 7) is 0.0629. The molecular weight excluding hydrogens is 328 g/mol. The molecule has 132 valence electrons. The van der Waals surface area contributed by atoms with Crippen LogP contribution in [0.2, 0.25) is 0 Å². The van der Waals surface area contributed by atoms with Crippen molar-refractivity contribution in [1.29, 1.82) is 0 Å². The summed E-state index contributed by atoms with van der Waals surface area (Å²) in [7, 11) is 4.27. The molecule has 0 bridgehead atoms. The van der Waals surface area contributed by atoms with E-state index in [0.717, 1.165) is 0 Å². The zero-order valence-electron chi connectivity index (χ0n) is 14.0. The van der Waals surface area contributed by atoms with Gasteiger partial charge in [0.2, 0.25) is 5.75 Å². The minimum Gasteiger partial charge on any atom is -0.508 e. The third kappa shape index (κ3) is 2.77. The van der Waals surface area contributed by atoms with E-state index in [1.165, 1.54) is 39.5 Å². The topological polar surface area (TPSA) is 94.5 Å². The predicted octanol–water partition coefficient (Wildman–Crippen LogP) is 2.48. The average molecular weight is 346 g/mol. The van der Waals surface area contributed by atoms with E-state index >= 15 is 0 Å². The van der Waals surface area contributed by atoms with Crippen LogP contribution in [0.1, 0.15) is 21.8 Å². The number of carbonyl (C=O) groups excluding carboxylic acids is 1. The van der Waals surface area contributed by atoms with Crippen LogP contribution in [0.25, 0.3) is 0 Å². The molecule has 1 atom stereocenters. The van der Waals surface area contributed by atoms with Gasteiger partial charge in [0.25, 0.3) is 0 Å². The van der Waals surface area contributed by atoms with Gasteiger partial charge in [-0.25, -0.2) is 0 Å². The number of benzene rings is 2. The van der Waals surface area contributed by atoms with Crippen LogP contribution >= 0.6 is 0 Å². The third-order valence-corrected chi connectivity index (χ3v) is 4.12. The van der Waals surface area contributed by atoms with Gasteiger partial charge in [-0.05, 0) is 17.7 Å². The van der Waals surface area contributed by atoms with Crippen LogP contribution in [0.3, 0.4) is 0 Å². The molecule has 7 heteroatoms. The molecule has 2 N–H and O–H groups in total. The standard InChI is InChI=1S/C18H18O7/c1-22-13-6-10(19)7-14-16(13)17(21)11(8-25-14)9-4-12(20)18(24-3)15(5-9)23-2/h4-7,11,19-20H,8H2,1-3H3. The second-order valence-electron chi connectivity index (χ2n) is 5.52. The summed E-state index contributed by atoms with van der Waals surface area (Å²) in [5.41, 5.74) is 0.784. The first kappa shape index (κ1) is 16.8. The molecule has 2 aromatic rings. The SMILES string of the molecule is COc1cc(C2COc3cc(O)cc(OC)c3C2=O)cc(O)c1OC.